The van der Waals surface area contributed by atoms with Gasteiger partial charge in [-0.15, -0.1) is 0 Å². The van der Waals surface area contributed by atoms with Crippen molar-refractivity contribution < 1.29 is 46.0 Å². The van der Waals surface area contributed by atoms with Gasteiger partial charge in [0.2, 0.25) is 5.82 Å². The fraction of sp³-hybridized carbons (Fsp3) is 0.389. The Hall–Kier alpha value is -8.17. The van der Waals surface area contributed by atoms with E-state index < -0.39 is 12.0 Å². The Kier molecular flexibility index (Phi) is 28.8. The number of nitrogens with one attached hydrogen (secondary N) is 1. The van der Waals surface area contributed by atoms with Gasteiger partial charge in [-0.3, -0.25) is 14.5 Å². The molecule has 6 heterocycles. The number of furan rings is 1. The average molecular weight is 1250 g/mol. The molecule has 0 aliphatic carbocycles. The van der Waals surface area contributed by atoms with Crippen molar-refractivity contribution >= 4 is 65.6 Å². The molecule has 6 aromatic heterocycles. The van der Waals surface area contributed by atoms with E-state index in [0.29, 0.717) is 24.1 Å². The molecule has 0 unspecified atom stereocenters. The van der Waals surface area contributed by atoms with Crippen molar-refractivity contribution in [2.24, 2.45) is 14.1 Å². The summed E-state index contributed by atoms with van der Waals surface area (Å²) >= 11 is 0. The van der Waals surface area contributed by atoms with Gasteiger partial charge in [-0.2, -0.15) is 28.5 Å². The molecule has 12 rings (SSSR count). The molecule has 6 aromatic carbocycles. The Bertz CT molecular complexity index is 3850. The third-order valence-electron chi connectivity index (χ3n) is 15.3. The molecule has 0 aliphatic rings. The Balaban J connectivity index is 0.000000155. The second-order valence-corrected chi connectivity index (χ2v) is 21.8. The quantitative estimate of drug-likeness (QED) is 0.0575. The summed E-state index contributed by atoms with van der Waals surface area (Å²) in [7, 11) is 14.2. The number of alkyl halides is 3. The van der Waals surface area contributed by atoms with Crippen molar-refractivity contribution in [3.05, 3.63) is 192 Å². The fourth-order valence-corrected chi connectivity index (χ4v) is 10.9. The molecule has 0 bridgehead atoms. The van der Waals surface area contributed by atoms with E-state index in [1.165, 1.54) is 77.9 Å². The fourth-order valence-electron chi connectivity index (χ4n) is 10.9. The topological polar surface area (TPSA) is 156 Å². The number of hydrogen-bond donors (Lipinski definition) is 1. The van der Waals surface area contributed by atoms with Gasteiger partial charge >= 0.3 is 6.18 Å². The molecule has 0 spiro atoms. The van der Waals surface area contributed by atoms with E-state index in [2.05, 4.69) is 116 Å². The monoisotopic (exact) mass is 1250 g/mol. The number of fused-ring (bicyclic) bond motifs is 6. The zero-order valence-corrected chi connectivity index (χ0v) is 54.3. The second-order valence-electron chi connectivity index (χ2n) is 21.8. The van der Waals surface area contributed by atoms with Crippen LogP contribution < -0.4 is 0 Å². The van der Waals surface area contributed by atoms with Gasteiger partial charge in [-0.05, 0) is 125 Å². The lowest BCUT2D eigenvalue weighted by Crippen LogP contribution is -2.15. The summed E-state index contributed by atoms with van der Waals surface area (Å²) in [5, 5.41) is 22.6. The van der Waals surface area contributed by atoms with Crippen LogP contribution in [0.3, 0.4) is 0 Å². The first kappa shape index (κ1) is 70.3. The zero-order chi connectivity index (χ0) is 64.8. The summed E-state index contributed by atoms with van der Waals surface area (Å²) in [5.41, 5.74) is 12.8. The number of para-hydroxylation sites is 6. The van der Waals surface area contributed by atoms with Gasteiger partial charge in [0.05, 0.1) is 39.5 Å². The van der Waals surface area contributed by atoms with E-state index in [1.54, 1.807) is 59.8 Å². The number of rotatable bonds is 24. The molecule has 486 valence electrons. The maximum absolute atomic E-state index is 12.9. The van der Waals surface area contributed by atoms with E-state index in [-0.39, 0.29) is 6.54 Å². The van der Waals surface area contributed by atoms with Crippen molar-refractivity contribution in [2.45, 2.75) is 90.4 Å². The van der Waals surface area contributed by atoms with Gasteiger partial charge in [-0.1, -0.05) is 103 Å². The van der Waals surface area contributed by atoms with Crippen LogP contribution in [-0.2, 0) is 87.5 Å². The highest BCUT2D eigenvalue weighted by Crippen LogP contribution is 2.32. The van der Waals surface area contributed by atoms with Crippen LogP contribution in [0.4, 0.5) is 13.2 Å². The third kappa shape index (κ3) is 20.4. The molecule has 0 saturated carbocycles. The Morgan fingerprint density at radius 3 is 1.64 bits per heavy atom. The number of benzene rings is 6. The molecule has 0 aliphatic heterocycles. The molecule has 0 amide bonds. The second kappa shape index (κ2) is 37.2. The number of halogens is 3. The first-order chi connectivity index (χ1) is 44.3. The van der Waals surface area contributed by atoms with E-state index in [9.17, 15) is 13.2 Å². The molecular weight excluding hydrogens is 1160 g/mol. The van der Waals surface area contributed by atoms with E-state index >= 15 is 0 Å². The molecule has 0 radical (unpaired) electrons. The molecule has 12 aromatic rings. The standard InChI is InChI=1S/C13H17NO.C12H13F3N2O.2C12H16N2O.C12H14O2.C11H14N2O/c1-11-10-14(8-5-9-15-2)13-7-4-3-6-12(11)13;1-18-8-4-7-17-10-6-3-2-5-9(10)16-11(17)12(13,14)15;1-14-12-8-4-3-6-10(12)11(13-14)7-5-9-15-2;1-14-12(8-5-9-15-2)10-6-3-4-7-11(10)13-14;1-13-8-4-5-10-9-14-12-7-3-2-6-11(10)12;1-14-8-4-7-11-9-5-2-3-6-10(9)12-13-11/h3-4,6-7,10H,5,8-9H2,1-2H3;2-3,5-6H,4,7-8H2,1H3;3-4,6,8H,5,7,9H2,1-2H3;3-4,6-7H,5,8-9H2,1-2H3;2-3,6-7,9H,4-5,8H2,1H3;2-3,5-6H,4,7-8H2,1H3,(H,12,13). The van der Waals surface area contributed by atoms with Gasteiger partial charge in [-0.25, -0.2) is 4.98 Å². The molecule has 0 saturated heterocycles. The predicted octanol–water partition coefficient (Wildman–Crippen LogP) is 15.5. The summed E-state index contributed by atoms with van der Waals surface area (Å²) in [6.45, 7) is 7.88. The zero-order valence-electron chi connectivity index (χ0n) is 54.3. The largest absolute Gasteiger partial charge is 0.464 e. The van der Waals surface area contributed by atoms with Gasteiger partial charge in [0, 0.05) is 160 Å². The van der Waals surface area contributed by atoms with Crippen molar-refractivity contribution in [1.29, 1.82) is 0 Å². The third-order valence-corrected chi connectivity index (χ3v) is 15.3. The highest BCUT2D eigenvalue weighted by molar-refractivity contribution is 5.85. The van der Waals surface area contributed by atoms with Crippen LogP contribution in [0.25, 0.3) is 65.6 Å². The lowest BCUT2D eigenvalue weighted by molar-refractivity contribution is -0.147. The van der Waals surface area contributed by atoms with Crippen LogP contribution in [0.5, 0.6) is 0 Å². The molecule has 19 heteroatoms. The van der Waals surface area contributed by atoms with Crippen LogP contribution in [0, 0.1) is 6.92 Å². The number of hydrogen-bond acceptors (Lipinski definition) is 11. The van der Waals surface area contributed by atoms with Gasteiger partial charge < -0.3 is 42.0 Å². The summed E-state index contributed by atoms with van der Waals surface area (Å²) in [6.07, 6.45) is 9.36. The number of aryl methyl sites for hydroxylation is 9. The number of aromatic nitrogens is 9. The smallest absolute Gasteiger partial charge is 0.449 e. The van der Waals surface area contributed by atoms with Crippen LogP contribution >= 0.6 is 0 Å². The lowest BCUT2D eigenvalue weighted by Gasteiger charge is -2.10. The van der Waals surface area contributed by atoms with Crippen molar-refractivity contribution in [3.63, 3.8) is 0 Å². The summed E-state index contributed by atoms with van der Waals surface area (Å²) in [5.74, 6) is -0.847. The number of imidazole rings is 1. The Morgan fingerprint density at radius 2 is 0.978 bits per heavy atom. The molecule has 16 nitrogen and oxygen atoms in total. The molecule has 0 atom stereocenters. The normalized spacial score (nSPS) is 11.3. The lowest BCUT2D eigenvalue weighted by atomic mass is 10.1. The van der Waals surface area contributed by atoms with E-state index in [0.717, 1.165) is 114 Å². The van der Waals surface area contributed by atoms with E-state index in [4.69, 9.17) is 32.8 Å². The van der Waals surface area contributed by atoms with Crippen molar-refractivity contribution in [3.8, 4) is 0 Å². The van der Waals surface area contributed by atoms with Crippen molar-refractivity contribution in [2.75, 3.05) is 82.3 Å². The van der Waals surface area contributed by atoms with Gasteiger partial charge in [0.15, 0.2) is 0 Å². The molecule has 1 N–H and O–H groups in total. The number of nitrogens with zero attached hydrogens (tertiary/aromatic N) is 8. The molecular formula is C72H90F3N9O7. The SMILES string of the molecule is COCCCc1[nH]nc2ccccc12.COCCCc1c2ccccc2nn1C.COCCCc1coc2ccccc12.COCCCc1nn(C)c2ccccc12.COCCCn1c(C(F)(F)F)nc2ccccc21.COCCCn1cc(C)c2ccccc21. The number of aromatic amines is 1. The maximum atomic E-state index is 12.9. The van der Waals surface area contributed by atoms with Crippen LogP contribution in [0.2, 0.25) is 0 Å². The van der Waals surface area contributed by atoms with Gasteiger partial charge in [0.25, 0.3) is 0 Å². The minimum atomic E-state index is -4.44. The first-order valence-electron chi connectivity index (χ1n) is 31.0. The molecule has 91 heavy (non-hydrogen) atoms. The first-order valence-corrected chi connectivity index (χ1v) is 31.0. The molecule has 0 fully saturated rings. The summed E-state index contributed by atoms with van der Waals surface area (Å²) in [4.78, 5) is 3.66. The number of ether oxygens (including phenoxy) is 6. The number of H-pyrrole nitrogens is 1. The van der Waals surface area contributed by atoms with Crippen molar-refractivity contribution in [1.82, 2.24) is 43.9 Å². The average Bonchev–Trinajstić information content (AvgIpc) is 1.72. The minimum Gasteiger partial charge on any atom is -0.464 e. The number of methoxy groups -OCH3 is 6. The highest BCUT2D eigenvalue weighted by Gasteiger charge is 2.37. The van der Waals surface area contributed by atoms with Crippen LogP contribution in [0.15, 0.2) is 162 Å². The van der Waals surface area contributed by atoms with Crippen LogP contribution in [0.1, 0.15) is 72.6 Å². The van der Waals surface area contributed by atoms with E-state index in [1.807, 2.05) is 78.3 Å². The highest BCUT2D eigenvalue weighted by atomic mass is 19.4. The van der Waals surface area contributed by atoms with Gasteiger partial charge in [0.1, 0.15) is 5.58 Å². The predicted molar refractivity (Wildman–Crippen MR) is 359 cm³/mol. The Labute approximate surface area is 532 Å². The van der Waals surface area contributed by atoms with Crippen LogP contribution in [-0.4, -0.2) is 126 Å². The summed E-state index contributed by atoms with van der Waals surface area (Å²) < 4.78 is 81.6. The Morgan fingerprint density at radius 1 is 0.473 bits per heavy atom. The maximum Gasteiger partial charge on any atom is 0.449 e. The minimum absolute atomic E-state index is 0.239. The summed E-state index contributed by atoms with van der Waals surface area (Å²) in [6, 6.07) is 48.0.